The van der Waals surface area contributed by atoms with Crippen LogP contribution >= 0.6 is 0 Å². The Kier molecular flexibility index (Phi) is 3.56. The van der Waals surface area contributed by atoms with Gasteiger partial charge >= 0.3 is 0 Å². The first kappa shape index (κ1) is 12.9. The van der Waals surface area contributed by atoms with E-state index < -0.39 is 0 Å². The molecule has 4 heteroatoms. The summed E-state index contributed by atoms with van der Waals surface area (Å²) in [5, 5.41) is 0. The molecule has 4 nitrogen and oxygen atoms in total. The summed E-state index contributed by atoms with van der Waals surface area (Å²) in [5.74, 6) is 6.14. The number of aryl methyl sites for hydroxylation is 1. The van der Waals surface area contributed by atoms with Crippen molar-refractivity contribution in [1.82, 2.24) is 4.98 Å². The molecule has 0 radical (unpaired) electrons. The van der Waals surface area contributed by atoms with Crippen LogP contribution in [0.15, 0.2) is 42.6 Å². The number of nitrogen functional groups attached to an aromatic ring is 1. The highest BCUT2D eigenvalue weighted by Gasteiger charge is 2.22. The largest absolute Gasteiger partial charge is 0.364 e. The lowest BCUT2D eigenvalue weighted by Crippen LogP contribution is -2.36. The lowest BCUT2D eigenvalue weighted by molar-refractivity contribution is 0.560. The Morgan fingerprint density at radius 1 is 1.35 bits per heavy atom. The second-order valence-electron chi connectivity index (χ2n) is 5.34. The number of benzene rings is 1. The van der Waals surface area contributed by atoms with Gasteiger partial charge < -0.3 is 10.3 Å². The smallest absolute Gasteiger partial charge is 0.140 e. The van der Waals surface area contributed by atoms with Crippen molar-refractivity contribution in [2.24, 2.45) is 5.84 Å². The lowest BCUT2D eigenvalue weighted by atomic mass is 9.96. The number of rotatable bonds is 3. The maximum absolute atomic E-state index is 5.43. The van der Waals surface area contributed by atoms with E-state index in [1.54, 1.807) is 6.20 Å². The normalized spacial score (nSPS) is 17.7. The Morgan fingerprint density at radius 2 is 2.20 bits per heavy atom. The molecule has 0 bridgehead atoms. The number of nitrogens with two attached hydrogens (primary N) is 1. The van der Waals surface area contributed by atoms with E-state index >= 15 is 0 Å². The zero-order chi connectivity index (χ0) is 13.9. The van der Waals surface area contributed by atoms with Gasteiger partial charge in [0, 0.05) is 24.5 Å². The Morgan fingerprint density at radius 3 is 3.05 bits per heavy atom. The molecule has 1 unspecified atom stereocenters. The number of pyridine rings is 1. The molecule has 0 saturated heterocycles. The molecule has 3 N–H and O–H groups in total. The van der Waals surface area contributed by atoms with E-state index in [0.29, 0.717) is 11.9 Å². The van der Waals surface area contributed by atoms with Crippen molar-refractivity contribution in [3.8, 4) is 0 Å². The number of hydrogen-bond acceptors (Lipinski definition) is 4. The van der Waals surface area contributed by atoms with E-state index in [4.69, 9.17) is 5.84 Å². The van der Waals surface area contributed by atoms with Gasteiger partial charge in [0.2, 0.25) is 0 Å². The van der Waals surface area contributed by atoms with Gasteiger partial charge in [0.1, 0.15) is 5.82 Å². The number of para-hydroxylation sites is 1. The zero-order valence-electron chi connectivity index (χ0n) is 11.7. The highest BCUT2D eigenvalue weighted by Crippen LogP contribution is 2.31. The highest BCUT2D eigenvalue weighted by atomic mass is 15.2. The molecule has 2 aromatic rings. The molecule has 0 spiro atoms. The standard InChI is InChI=1S/C16H20N4/c1-12-6-7-14-4-2-3-5-15(14)20(12)11-13-8-9-18-16(10-13)19-17/h2-5,8-10,12H,6-7,11,17H2,1H3,(H,18,19). The van der Waals surface area contributed by atoms with Gasteiger partial charge in [0.15, 0.2) is 0 Å². The number of hydrogen-bond donors (Lipinski definition) is 2. The van der Waals surface area contributed by atoms with Gasteiger partial charge in [0.25, 0.3) is 0 Å². The molecule has 0 aliphatic carbocycles. The topological polar surface area (TPSA) is 54.2 Å². The first-order valence-electron chi connectivity index (χ1n) is 7.04. The van der Waals surface area contributed by atoms with Gasteiger partial charge in [-0.15, -0.1) is 0 Å². The van der Waals surface area contributed by atoms with Gasteiger partial charge in [-0.3, -0.25) is 0 Å². The van der Waals surface area contributed by atoms with Crippen LogP contribution in [-0.2, 0) is 13.0 Å². The molecule has 1 atom stereocenters. The summed E-state index contributed by atoms with van der Waals surface area (Å²) in [4.78, 5) is 6.63. The first-order chi connectivity index (χ1) is 9.78. The third-order valence-electron chi connectivity index (χ3n) is 3.99. The van der Waals surface area contributed by atoms with Gasteiger partial charge in [-0.05, 0) is 49.1 Å². The number of hydrazine groups is 1. The summed E-state index contributed by atoms with van der Waals surface area (Å²) in [6.07, 6.45) is 4.16. The zero-order valence-corrected chi connectivity index (χ0v) is 11.7. The predicted molar refractivity (Wildman–Crippen MR) is 82.5 cm³/mol. The van der Waals surface area contributed by atoms with Crippen molar-refractivity contribution >= 4 is 11.5 Å². The molecule has 104 valence electrons. The Bertz CT molecular complexity index is 597. The van der Waals surface area contributed by atoms with E-state index in [9.17, 15) is 0 Å². The maximum Gasteiger partial charge on any atom is 0.140 e. The number of anilines is 2. The third kappa shape index (κ3) is 2.47. The van der Waals surface area contributed by atoms with Crippen molar-refractivity contribution in [2.75, 3.05) is 10.3 Å². The SMILES string of the molecule is CC1CCc2ccccc2N1Cc1ccnc(NN)c1. The minimum atomic E-state index is 0.548. The molecular formula is C16H20N4. The summed E-state index contributed by atoms with van der Waals surface area (Å²) in [5.41, 5.74) is 6.62. The number of nitrogens with zero attached hydrogens (tertiary/aromatic N) is 2. The van der Waals surface area contributed by atoms with Crippen LogP contribution in [0, 0.1) is 0 Å². The monoisotopic (exact) mass is 268 g/mol. The average molecular weight is 268 g/mol. The molecule has 0 saturated carbocycles. The Balaban J connectivity index is 1.89. The van der Waals surface area contributed by atoms with Gasteiger partial charge in [0.05, 0.1) is 0 Å². The van der Waals surface area contributed by atoms with E-state index in [1.165, 1.54) is 29.7 Å². The molecule has 2 heterocycles. The molecule has 1 aromatic carbocycles. The molecule has 0 amide bonds. The maximum atomic E-state index is 5.43. The molecule has 0 fully saturated rings. The quantitative estimate of drug-likeness (QED) is 0.664. The number of aromatic nitrogens is 1. The van der Waals surface area contributed by atoms with Gasteiger partial charge in [-0.2, -0.15) is 0 Å². The summed E-state index contributed by atoms with van der Waals surface area (Å²) >= 11 is 0. The lowest BCUT2D eigenvalue weighted by Gasteiger charge is -2.37. The fourth-order valence-corrected chi connectivity index (χ4v) is 2.85. The van der Waals surface area contributed by atoms with Crippen LogP contribution in [0.1, 0.15) is 24.5 Å². The second kappa shape index (κ2) is 5.51. The minimum Gasteiger partial charge on any atom is -0.364 e. The summed E-state index contributed by atoms with van der Waals surface area (Å²) < 4.78 is 0. The van der Waals surface area contributed by atoms with Gasteiger partial charge in [-0.25, -0.2) is 10.8 Å². The summed E-state index contributed by atoms with van der Waals surface area (Å²) in [7, 11) is 0. The summed E-state index contributed by atoms with van der Waals surface area (Å²) in [6, 6.07) is 13.3. The molecule has 1 aliphatic heterocycles. The van der Waals surface area contributed by atoms with Crippen LogP contribution in [0.25, 0.3) is 0 Å². The number of fused-ring (bicyclic) bond motifs is 1. The molecule has 1 aromatic heterocycles. The van der Waals surface area contributed by atoms with Crippen molar-refractivity contribution in [1.29, 1.82) is 0 Å². The predicted octanol–water partition coefficient (Wildman–Crippen LogP) is 2.71. The Labute approximate surface area is 119 Å². The fraction of sp³-hybridized carbons (Fsp3) is 0.312. The fourth-order valence-electron chi connectivity index (χ4n) is 2.85. The molecule has 1 aliphatic rings. The molecule has 3 rings (SSSR count). The van der Waals surface area contributed by atoms with Crippen molar-refractivity contribution in [3.05, 3.63) is 53.7 Å². The first-order valence-corrected chi connectivity index (χ1v) is 7.04. The van der Waals surface area contributed by atoms with E-state index in [2.05, 4.69) is 46.5 Å². The summed E-state index contributed by atoms with van der Waals surface area (Å²) in [6.45, 7) is 3.18. The van der Waals surface area contributed by atoms with Crippen LogP contribution in [0.2, 0.25) is 0 Å². The van der Waals surface area contributed by atoms with E-state index in [-0.39, 0.29) is 0 Å². The number of nitrogens with one attached hydrogen (secondary N) is 1. The minimum absolute atomic E-state index is 0.548. The van der Waals surface area contributed by atoms with Crippen molar-refractivity contribution in [2.45, 2.75) is 32.4 Å². The van der Waals surface area contributed by atoms with Gasteiger partial charge in [-0.1, -0.05) is 18.2 Å². The third-order valence-corrected chi connectivity index (χ3v) is 3.99. The van der Waals surface area contributed by atoms with Crippen molar-refractivity contribution in [3.63, 3.8) is 0 Å². The second-order valence-corrected chi connectivity index (χ2v) is 5.34. The highest BCUT2D eigenvalue weighted by molar-refractivity contribution is 5.57. The Hall–Kier alpha value is -2.07. The van der Waals surface area contributed by atoms with Crippen LogP contribution < -0.4 is 16.2 Å². The average Bonchev–Trinajstić information content (AvgIpc) is 2.50. The van der Waals surface area contributed by atoms with Crippen LogP contribution in [0.3, 0.4) is 0 Å². The van der Waals surface area contributed by atoms with Crippen molar-refractivity contribution < 1.29 is 0 Å². The molecule has 20 heavy (non-hydrogen) atoms. The van der Waals surface area contributed by atoms with Crippen LogP contribution in [0.4, 0.5) is 11.5 Å². The van der Waals surface area contributed by atoms with Crippen LogP contribution in [-0.4, -0.2) is 11.0 Å². The van der Waals surface area contributed by atoms with E-state index in [1.807, 2.05) is 12.1 Å². The molecular weight excluding hydrogens is 248 g/mol. The van der Waals surface area contributed by atoms with Crippen LogP contribution in [0.5, 0.6) is 0 Å². The van der Waals surface area contributed by atoms with E-state index in [0.717, 1.165) is 6.54 Å².